The maximum absolute atomic E-state index is 11.2. The zero-order valence-electron chi connectivity index (χ0n) is 9.98. The molecule has 0 aliphatic carbocycles. The molecule has 0 saturated heterocycles. The molecule has 2 aromatic carbocycles. The van der Waals surface area contributed by atoms with Gasteiger partial charge in [0, 0.05) is 5.02 Å². The lowest BCUT2D eigenvalue weighted by atomic mass is 10.1. The van der Waals surface area contributed by atoms with E-state index >= 15 is 0 Å². The Morgan fingerprint density at radius 2 is 1.89 bits per heavy atom. The summed E-state index contributed by atoms with van der Waals surface area (Å²) >= 11 is 9.17. The standard InChI is InChI=1S/C14H10BrClO3/c1-8-2-4-12(10(6-8)14(17)18)19-13-5-3-9(16)7-11(13)15/h2-7H,1H3,(H,17,18). The van der Waals surface area contributed by atoms with Crippen LogP contribution in [0, 0.1) is 6.92 Å². The lowest BCUT2D eigenvalue weighted by Gasteiger charge is -2.11. The summed E-state index contributed by atoms with van der Waals surface area (Å²) in [6.45, 7) is 1.83. The Kier molecular flexibility index (Phi) is 4.12. The highest BCUT2D eigenvalue weighted by atomic mass is 79.9. The third kappa shape index (κ3) is 3.28. The van der Waals surface area contributed by atoms with E-state index in [1.807, 2.05) is 6.92 Å². The highest BCUT2D eigenvalue weighted by molar-refractivity contribution is 9.10. The number of ether oxygens (including phenoxy) is 1. The van der Waals surface area contributed by atoms with Crippen LogP contribution in [0.1, 0.15) is 15.9 Å². The first kappa shape index (κ1) is 13.9. The van der Waals surface area contributed by atoms with E-state index < -0.39 is 5.97 Å². The maximum Gasteiger partial charge on any atom is 0.339 e. The summed E-state index contributed by atoms with van der Waals surface area (Å²) < 4.78 is 6.29. The number of carboxylic acids is 1. The zero-order chi connectivity index (χ0) is 14.0. The smallest absolute Gasteiger partial charge is 0.339 e. The summed E-state index contributed by atoms with van der Waals surface area (Å²) in [4.78, 5) is 11.2. The van der Waals surface area contributed by atoms with Crippen molar-refractivity contribution in [2.75, 3.05) is 0 Å². The van der Waals surface area contributed by atoms with Crippen molar-refractivity contribution in [3.63, 3.8) is 0 Å². The molecule has 3 nitrogen and oxygen atoms in total. The van der Waals surface area contributed by atoms with Crippen LogP contribution < -0.4 is 4.74 Å². The summed E-state index contributed by atoms with van der Waals surface area (Å²) in [6.07, 6.45) is 0. The van der Waals surface area contributed by atoms with Crippen LogP contribution in [-0.4, -0.2) is 11.1 Å². The Labute approximate surface area is 123 Å². The van der Waals surface area contributed by atoms with Crippen LogP contribution >= 0.6 is 27.5 Å². The van der Waals surface area contributed by atoms with Crippen molar-refractivity contribution in [2.45, 2.75) is 6.92 Å². The molecule has 0 saturated carbocycles. The van der Waals surface area contributed by atoms with Gasteiger partial charge in [0.25, 0.3) is 0 Å². The minimum atomic E-state index is -1.02. The van der Waals surface area contributed by atoms with Crippen LogP contribution in [-0.2, 0) is 0 Å². The molecular formula is C14H10BrClO3. The molecule has 2 aromatic rings. The van der Waals surface area contributed by atoms with Crippen LogP contribution in [0.2, 0.25) is 5.02 Å². The molecule has 0 unspecified atom stereocenters. The normalized spacial score (nSPS) is 10.3. The van der Waals surface area contributed by atoms with Crippen LogP contribution in [0.25, 0.3) is 0 Å². The van der Waals surface area contributed by atoms with Gasteiger partial charge in [-0.05, 0) is 53.2 Å². The van der Waals surface area contributed by atoms with E-state index in [9.17, 15) is 4.79 Å². The van der Waals surface area contributed by atoms with E-state index in [2.05, 4.69) is 15.9 Å². The fraction of sp³-hybridized carbons (Fsp3) is 0.0714. The highest BCUT2D eigenvalue weighted by Crippen LogP contribution is 2.33. The molecule has 2 rings (SSSR count). The van der Waals surface area contributed by atoms with Gasteiger partial charge < -0.3 is 9.84 Å². The molecule has 0 heterocycles. The first-order valence-electron chi connectivity index (χ1n) is 5.44. The second kappa shape index (κ2) is 5.63. The number of hydrogen-bond donors (Lipinski definition) is 1. The molecule has 0 atom stereocenters. The molecule has 19 heavy (non-hydrogen) atoms. The first-order chi connectivity index (χ1) is 8.97. The summed E-state index contributed by atoms with van der Waals surface area (Å²) in [7, 11) is 0. The number of benzene rings is 2. The van der Waals surface area contributed by atoms with Crippen LogP contribution in [0.3, 0.4) is 0 Å². The number of aryl methyl sites for hydroxylation is 1. The molecule has 0 bridgehead atoms. The number of carboxylic acid groups (broad SMARTS) is 1. The highest BCUT2D eigenvalue weighted by Gasteiger charge is 2.13. The van der Waals surface area contributed by atoms with Crippen molar-refractivity contribution in [1.29, 1.82) is 0 Å². The minimum Gasteiger partial charge on any atom is -0.478 e. The van der Waals surface area contributed by atoms with E-state index in [1.165, 1.54) is 0 Å². The van der Waals surface area contributed by atoms with E-state index in [4.69, 9.17) is 21.4 Å². The molecule has 0 amide bonds. The van der Waals surface area contributed by atoms with Gasteiger partial charge in [0.2, 0.25) is 0 Å². The van der Waals surface area contributed by atoms with Gasteiger partial charge in [-0.15, -0.1) is 0 Å². The Balaban J connectivity index is 2.40. The minimum absolute atomic E-state index is 0.127. The average molecular weight is 342 g/mol. The van der Waals surface area contributed by atoms with E-state index in [0.717, 1.165) is 5.56 Å². The fourth-order valence-corrected chi connectivity index (χ4v) is 2.34. The molecule has 0 radical (unpaired) electrons. The summed E-state index contributed by atoms with van der Waals surface area (Å²) in [5, 5.41) is 9.74. The largest absolute Gasteiger partial charge is 0.478 e. The molecule has 0 aliphatic heterocycles. The van der Waals surface area contributed by atoms with Crippen molar-refractivity contribution in [1.82, 2.24) is 0 Å². The summed E-state index contributed by atoms with van der Waals surface area (Å²) in [5.41, 5.74) is 0.988. The lowest BCUT2D eigenvalue weighted by molar-refractivity contribution is 0.0694. The maximum atomic E-state index is 11.2. The second-order valence-corrected chi connectivity index (χ2v) is 5.27. The molecular weight excluding hydrogens is 332 g/mol. The van der Waals surface area contributed by atoms with Crippen LogP contribution in [0.4, 0.5) is 0 Å². The number of halogens is 2. The van der Waals surface area contributed by atoms with Crippen LogP contribution in [0.15, 0.2) is 40.9 Å². The average Bonchev–Trinajstić information content (AvgIpc) is 2.34. The Morgan fingerprint density at radius 1 is 1.21 bits per heavy atom. The van der Waals surface area contributed by atoms with Gasteiger partial charge in [-0.2, -0.15) is 0 Å². The van der Waals surface area contributed by atoms with Gasteiger partial charge in [-0.3, -0.25) is 0 Å². The monoisotopic (exact) mass is 340 g/mol. The first-order valence-corrected chi connectivity index (χ1v) is 6.61. The summed E-state index contributed by atoms with van der Waals surface area (Å²) in [6, 6.07) is 10.0. The van der Waals surface area contributed by atoms with Crippen molar-refractivity contribution >= 4 is 33.5 Å². The molecule has 1 N–H and O–H groups in total. The van der Waals surface area contributed by atoms with Gasteiger partial charge in [-0.25, -0.2) is 4.79 Å². The third-order valence-corrected chi connectivity index (χ3v) is 3.33. The van der Waals surface area contributed by atoms with E-state index in [-0.39, 0.29) is 5.56 Å². The Morgan fingerprint density at radius 3 is 2.53 bits per heavy atom. The molecule has 0 aliphatic rings. The zero-order valence-corrected chi connectivity index (χ0v) is 12.3. The van der Waals surface area contributed by atoms with E-state index in [1.54, 1.807) is 36.4 Å². The Hall–Kier alpha value is -1.52. The predicted molar refractivity (Wildman–Crippen MR) is 77.4 cm³/mol. The van der Waals surface area contributed by atoms with Gasteiger partial charge in [0.1, 0.15) is 17.1 Å². The lowest BCUT2D eigenvalue weighted by Crippen LogP contribution is -2.00. The molecule has 5 heteroatoms. The molecule has 0 aromatic heterocycles. The second-order valence-electron chi connectivity index (χ2n) is 3.98. The number of hydrogen-bond acceptors (Lipinski definition) is 2. The van der Waals surface area contributed by atoms with Gasteiger partial charge >= 0.3 is 5.97 Å². The Bertz CT molecular complexity index is 641. The number of aromatic carboxylic acids is 1. The van der Waals surface area contributed by atoms with Gasteiger partial charge in [0.05, 0.1) is 4.47 Å². The third-order valence-electron chi connectivity index (χ3n) is 2.48. The number of carbonyl (C=O) groups is 1. The SMILES string of the molecule is Cc1ccc(Oc2ccc(Cl)cc2Br)c(C(=O)O)c1. The van der Waals surface area contributed by atoms with Crippen molar-refractivity contribution in [3.05, 3.63) is 57.0 Å². The quantitative estimate of drug-likeness (QED) is 0.863. The fourth-order valence-electron chi connectivity index (χ4n) is 1.58. The van der Waals surface area contributed by atoms with Crippen LogP contribution in [0.5, 0.6) is 11.5 Å². The molecule has 0 spiro atoms. The van der Waals surface area contributed by atoms with Crippen molar-refractivity contribution in [2.24, 2.45) is 0 Å². The van der Waals surface area contributed by atoms with Crippen molar-refractivity contribution in [3.8, 4) is 11.5 Å². The molecule has 0 fully saturated rings. The molecule has 98 valence electrons. The van der Waals surface area contributed by atoms with Gasteiger partial charge in [-0.1, -0.05) is 23.2 Å². The topological polar surface area (TPSA) is 46.5 Å². The van der Waals surface area contributed by atoms with E-state index in [0.29, 0.717) is 21.0 Å². The predicted octanol–water partition coefficient (Wildman–Crippen LogP) is 4.90. The van der Waals surface area contributed by atoms with Gasteiger partial charge in [0.15, 0.2) is 0 Å². The number of rotatable bonds is 3. The van der Waals surface area contributed by atoms with Crippen molar-refractivity contribution < 1.29 is 14.6 Å². The summed E-state index contributed by atoms with van der Waals surface area (Å²) in [5.74, 6) is -0.222.